The summed E-state index contributed by atoms with van der Waals surface area (Å²) >= 11 is 0. The molecule has 0 aliphatic heterocycles. The van der Waals surface area contributed by atoms with Crippen molar-refractivity contribution in [2.24, 2.45) is 0 Å². The van der Waals surface area contributed by atoms with E-state index < -0.39 is 5.97 Å². The Bertz CT molecular complexity index is 169. The summed E-state index contributed by atoms with van der Waals surface area (Å²) in [7, 11) is 0. The molecule has 74 valence electrons. The van der Waals surface area contributed by atoms with Gasteiger partial charge in [0.1, 0.15) is 6.10 Å². The number of hydrogen-bond donors (Lipinski definition) is 0. The highest BCUT2D eigenvalue weighted by Gasteiger charge is 2.14. The second-order valence-corrected chi connectivity index (χ2v) is 3.52. The first-order valence-electron chi connectivity index (χ1n) is 4.98. The predicted molar refractivity (Wildman–Crippen MR) is 48.3 cm³/mol. The summed E-state index contributed by atoms with van der Waals surface area (Å²) in [5.74, 6) is -0.717. The third-order valence-corrected chi connectivity index (χ3v) is 2.43. The molecule has 0 N–H and O–H groups in total. The maximum atomic E-state index is 10.7. The normalized spacial score (nSPS) is 20.0. The van der Waals surface area contributed by atoms with E-state index in [2.05, 4.69) is 0 Å². The Morgan fingerprint density at radius 2 is 1.62 bits per heavy atom. The Hall–Kier alpha value is -0.860. The molecule has 0 unspecified atom stereocenters. The molecule has 0 amide bonds. The van der Waals surface area contributed by atoms with Gasteiger partial charge in [-0.15, -0.1) is 0 Å². The minimum Gasteiger partial charge on any atom is -0.457 e. The van der Waals surface area contributed by atoms with Crippen LogP contribution in [0, 0.1) is 0 Å². The number of esters is 1. The van der Waals surface area contributed by atoms with Crippen molar-refractivity contribution >= 4 is 12.3 Å². The molecule has 0 spiro atoms. The fourth-order valence-electron chi connectivity index (χ4n) is 1.73. The van der Waals surface area contributed by atoms with Crippen molar-refractivity contribution in [3.05, 3.63) is 0 Å². The molecule has 1 aliphatic carbocycles. The van der Waals surface area contributed by atoms with E-state index in [9.17, 15) is 9.59 Å². The Kier molecular flexibility index (Phi) is 4.50. The molecule has 3 nitrogen and oxygen atoms in total. The molecular formula is C10H16O3. The first-order valence-corrected chi connectivity index (χ1v) is 4.98. The molecule has 13 heavy (non-hydrogen) atoms. The van der Waals surface area contributed by atoms with Gasteiger partial charge in [-0.2, -0.15) is 0 Å². The summed E-state index contributed by atoms with van der Waals surface area (Å²) in [5.41, 5.74) is 0. The van der Waals surface area contributed by atoms with E-state index in [1.807, 2.05) is 0 Å². The van der Waals surface area contributed by atoms with Crippen LogP contribution in [0.3, 0.4) is 0 Å². The zero-order valence-corrected chi connectivity index (χ0v) is 7.83. The monoisotopic (exact) mass is 184 g/mol. The van der Waals surface area contributed by atoms with Crippen LogP contribution in [0.2, 0.25) is 0 Å². The molecule has 1 aliphatic rings. The van der Waals surface area contributed by atoms with E-state index in [1.165, 1.54) is 19.3 Å². The van der Waals surface area contributed by atoms with Gasteiger partial charge in [0.05, 0.1) is 0 Å². The van der Waals surface area contributed by atoms with Gasteiger partial charge in [0.25, 0.3) is 0 Å². The van der Waals surface area contributed by atoms with Crippen LogP contribution in [0.15, 0.2) is 0 Å². The third-order valence-electron chi connectivity index (χ3n) is 2.43. The second-order valence-electron chi connectivity index (χ2n) is 3.52. The summed E-state index contributed by atoms with van der Waals surface area (Å²) in [6.07, 6.45) is 8.00. The first-order chi connectivity index (χ1) is 6.33. The smallest absolute Gasteiger partial charge is 0.371 e. The van der Waals surface area contributed by atoms with E-state index in [0.717, 1.165) is 25.7 Å². The lowest BCUT2D eigenvalue weighted by Crippen LogP contribution is -2.19. The van der Waals surface area contributed by atoms with E-state index >= 15 is 0 Å². The van der Waals surface area contributed by atoms with Crippen molar-refractivity contribution in [3.63, 3.8) is 0 Å². The van der Waals surface area contributed by atoms with Crippen molar-refractivity contribution < 1.29 is 14.3 Å². The Morgan fingerprint density at radius 3 is 2.15 bits per heavy atom. The number of ether oxygens (including phenoxy) is 1. The van der Waals surface area contributed by atoms with Crippen molar-refractivity contribution in [2.45, 2.75) is 51.0 Å². The van der Waals surface area contributed by atoms with Crippen molar-refractivity contribution in [3.8, 4) is 0 Å². The van der Waals surface area contributed by atoms with Crippen LogP contribution < -0.4 is 0 Å². The molecule has 0 saturated heterocycles. The van der Waals surface area contributed by atoms with Crippen molar-refractivity contribution in [1.82, 2.24) is 0 Å². The summed E-state index contributed by atoms with van der Waals surface area (Å²) in [6, 6.07) is 0. The molecule has 1 rings (SSSR count). The fourth-order valence-corrected chi connectivity index (χ4v) is 1.73. The molecule has 0 atom stereocenters. The molecule has 1 saturated carbocycles. The highest BCUT2D eigenvalue weighted by Crippen LogP contribution is 2.19. The van der Waals surface area contributed by atoms with Crippen LogP contribution in [-0.4, -0.2) is 18.4 Å². The lowest BCUT2D eigenvalue weighted by molar-refractivity contribution is -0.153. The molecule has 0 radical (unpaired) electrons. The zero-order chi connectivity index (χ0) is 9.52. The molecule has 0 aromatic carbocycles. The van der Waals surface area contributed by atoms with E-state index in [1.54, 1.807) is 0 Å². The van der Waals surface area contributed by atoms with Crippen LogP contribution in [0.4, 0.5) is 0 Å². The zero-order valence-electron chi connectivity index (χ0n) is 7.83. The predicted octanol–water partition coefficient (Wildman–Crippen LogP) is 1.84. The van der Waals surface area contributed by atoms with Crippen LogP contribution in [0.1, 0.15) is 44.9 Å². The Balaban J connectivity index is 2.28. The standard InChI is InChI=1S/C10H16O3/c11-8-10(12)13-9-6-4-2-1-3-5-7-9/h8-9H,1-7H2. The summed E-state index contributed by atoms with van der Waals surface area (Å²) in [6.45, 7) is 0. The Morgan fingerprint density at radius 1 is 1.08 bits per heavy atom. The number of rotatable bonds is 2. The summed E-state index contributed by atoms with van der Waals surface area (Å²) in [5, 5.41) is 0. The minimum absolute atomic E-state index is 0.0157. The maximum Gasteiger partial charge on any atom is 0.371 e. The minimum atomic E-state index is -0.717. The van der Waals surface area contributed by atoms with E-state index in [0.29, 0.717) is 0 Å². The van der Waals surface area contributed by atoms with Gasteiger partial charge in [0.15, 0.2) is 0 Å². The first kappa shape index (κ1) is 10.2. The second kappa shape index (κ2) is 5.73. The lowest BCUT2D eigenvalue weighted by Gasteiger charge is -2.18. The van der Waals surface area contributed by atoms with Gasteiger partial charge in [-0.05, 0) is 25.7 Å². The van der Waals surface area contributed by atoms with Crippen molar-refractivity contribution in [2.75, 3.05) is 0 Å². The number of hydrogen-bond acceptors (Lipinski definition) is 3. The van der Waals surface area contributed by atoms with Crippen LogP contribution in [-0.2, 0) is 14.3 Å². The van der Waals surface area contributed by atoms with Gasteiger partial charge in [0, 0.05) is 0 Å². The number of carbonyl (C=O) groups is 2. The van der Waals surface area contributed by atoms with Gasteiger partial charge in [0.2, 0.25) is 6.29 Å². The highest BCUT2D eigenvalue weighted by molar-refractivity contribution is 6.20. The summed E-state index contributed by atoms with van der Waals surface area (Å²) in [4.78, 5) is 20.7. The van der Waals surface area contributed by atoms with Crippen LogP contribution in [0.25, 0.3) is 0 Å². The van der Waals surface area contributed by atoms with Crippen LogP contribution >= 0.6 is 0 Å². The molecule has 0 bridgehead atoms. The summed E-state index contributed by atoms with van der Waals surface area (Å²) < 4.78 is 4.97. The lowest BCUT2D eigenvalue weighted by atomic mass is 9.99. The largest absolute Gasteiger partial charge is 0.457 e. The molecular weight excluding hydrogens is 168 g/mol. The van der Waals surface area contributed by atoms with Gasteiger partial charge in [-0.25, -0.2) is 4.79 Å². The topological polar surface area (TPSA) is 43.4 Å². The third kappa shape index (κ3) is 4.06. The van der Waals surface area contributed by atoms with E-state index in [4.69, 9.17) is 4.74 Å². The average Bonchev–Trinajstić information content (AvgIpc) is 2.09. The van der Waals surface area contributed by atoms with Gasteiger partial charge >= 0.3 is 5.97 Å². The van der Waals surface area contributed by atoms with Crippen LogP contribution in [0.5, 0.6) is 0 Å². The maximum absolute atomic E-state index is 10.7. The molecule has 3 heteroatoms. The van der Waals surface area contributed by atoms with Gasteiger partial charge in [-0.3, -0.25) is 4.79 Å². The SMILES string of the molecule is O=CC(=O)OC1CCCCCCC1. The van der Waals surface area contributed by atoms with Gasteiger partial charge < -0.3 is 4.74 Å². The molecule has 0 aromatic rings. The van der Waals surface area contributed by atoms with Crippen molar-refractivity contribution in [1.29, 1.82) is 0 Å². The van der Waals surface area contributed by atoms with Gasteiger partial charge in [-0.1, -0.05) is 19.3 Å². The fraction of sp³-hybridized carbons (Fsp3) is 0.800. The molecule has 1 fully saturated rings. The van der Waals surface area contributed by atoms with E-state index in [-0.39, 0.29) is 12.4 Å². The quantitative estimate of drug-likeness (QED) is 0.373. The number of carbonyl (C=O) groups excluding carboxylic acids is 2. The highest BCUT2D eigenvalue weighted by atomic mass is 16.5. The number of aldehydes is 1. The average molecular weight is 184 g/mol. The molecule has 0 heterocycles. The Labute approximate surface area is 78.5 Å². The molecule has 0 aromatic heterocycles.